The molecule has 1 saturated heterocycles. The van der Waals surface area contributed by atoms with Crippen molar-refractivity contribution in [3.05, 3.63) is 101 Å². The summed E-state index contributed by atoms with van der Waals surface area (Å²) in [5, 5.41) is 0. The molecule has 0 aromatic heterocycles. The summed E-state index contributed by atoms with van der Waals surface area (Å²) in [4.78, 5) is 1.44. The zero-order valence-electron chi connectivity index (χ0n) is 16.9. The van der Waals surface area contributed by atoms with Crippen LogP contribution >= 0.6 is 0 Å². The van der Waals surface area contributed by atoms with E-state index in [9.17, 15) is 26.0 Å². The lowest BCUT2D eigenvalue weighted by molar-refractivity contribution is 0.155. The predicted octanol–water partition coefficient (Wildman–Crippen LogP) is 4.34. The van der Waals surface area contributed by atoms with E-state index in [0.717, 1.165) is 27.6 Å². The first-order chi connectivity index (χ1) is 15.3. The number of halogens is 4. The van der Waals surface area contributed by atoms with Gasteiger partial charge in [-0.15, -0.1) is 0 Å². The van der Waals surface area contributed by atoms with Gasteiger partial charge in [0.15, 0.2) is 0 Å². The van der Waals surface area contributed by atoms with E-state index in [1.165, 1.54) is 24.3 Å². The van der Waals surface area contributed by atoms with Crippen LogP contribution in [0.1, 0.15) is 17.2 Å². The molecule has 1 heterocycles. The van der Waals surface area contributed by atoms with E-state index in [4.69, 9.17) is 0 Å². The van der Waals surface area contributed by atoms with Crippen molar-refractivity contribution in [1.29, 1.82) is 0 Å². The summed E-state index contributed by atoms with van der Waals surface area (Å²) in [6.45, 7) is 0.777. The molecule has 3 aromatic rings. The second kappa shape index (κ2) is 9.01. The molecule has 0 saturated carbocycles. The predicted molar refractivity (Wildman–Crippen MR) is 111 cm³/mol. The molecule has 1 aliphatic rings. The third-order valence-corrected chi connectivity index (χ3v) is 7.45. The average molecular weight is 464 g/mol. The molecule has 32 heavy (non-hydrogen) atoms. The second-order valence-corrected chi connectivity index (χ2v) is 9.43. The molecule has 0 N–H and O–H groups in total. The maximum atomic E-state index is 14.1. The monoisotopic (exact) mass is 464 g/mol. The maximum absolute atomic E-state index is 14.1. The lowest BCUT2D eigenvalue weighted by atomic mass is 9.96. The topological polar surface area (TPSA) is 40.6 Å². The number of benzene rings is 3. The van der Waals surface area contributed by atoms with Crippen LogP contribution in [0.15, 0.2) is 71.6 Å². The van der Waals surface area contributed by atoms with Crippen LogP contribution in [0.5, 0.6) is 0 Å². The van der Waals surface area contributed by atoms with Crippen molar-refractivity contribution >= 4 is 10.0 Å². The third kappa shape index (κ3) is 4.55. The molecule has 1 fully saturated rings. The quantitative estimate of drug-likeness (QED) is 0.528. The van der Waals surface area contributed by atoms with Crippen molar-refractivity contribution in [2.75, 3.05) is 26.2 Å². The third-order valence-electron chi connectivity index (χ3n) is 5.52. The van der Waals surface area contributed by atoms with Crippen LogP contribution in [-0.4, -0.2) is 43.8 Å². The summed E-state index contributed by atoms with van der Waals surface area (Å²) in [7, 11) is -4.13. The maximum Gasteiger partial charge on any atom is 0.246 e. The summed E-state index contributed by atoms with van der Waals surface area (Å²) in [5.41, 5.74) is 1.55. The molecule has 0 unspecified atom stereocenters. The Morgan fingerprint density at radius 3 is 1.59 bits per heavy atom. The molecular formula is C23H20F4N2O2S. The van der Waals surface area contributed by atoms with Gasteiger partial charge in [-0.1, -0.05) is 24.3 Å². The summed E-state index contributed by atoms with van der Waals surface area (Å²) < 4.78 is 81.1. The van der Waals surface area contributed by atoms with Gasteiger partial charge in [0.1, 0.15) is 28.2 Å². The fourth-order valence-electron chi connectivity index (χ4n) is 3.93. The van der Waals surface area contributed by atoms with Crippen molar-refractivity contribution in [3.8, 4) is 0 Å². The number of sulfonamides is 1. The van der Waals surface area contributed by atoms with E-state index < -0.39 is 26.6 Å². The van der Waals surface area contributed by atoms with Crippen molar-refractivity contribution in [2.24, 2.45) is 0 Å². The number of hydrogen-bond acceptors (Lipinski definition) is 3. The summed E-state index contributed by atoms with van der Waals surface area (Å²) >= 11 is 0. The fourth-order valence-corrected chi connectivity index (χ4v) is 5.40. The minimum Gasteiger partial charge on any atom is -0.290 e. The highest BCUT2D eigenvalue weighted by Crippen LogP contribution is 2.31. The minimum absolute atomic E-state index is 0.0814. The van der Waals surface area contributed by atoms with E-state index in [-0.39, 0.29) is 30.8 Å². The average Bonchev–Trinajstić information content (AvgIpc) is 2.77. The zero-order valence-corrected chi connectivity index (χ0v) is 17.7. The molecule has 0 spiro atoms. The van der Waals surface area contributed by atoms with Crippen molar-refractivity contribution < 1.29 is 26.0 Å². The van der Waals surface area contributed by atoms with Gasteiger partial charge in [0, 0.05) is 32.2 Å². The molecule has 0 amide bonds. The van der Waals surface area contributed by atoms with Gasteiger partial charge >= 0.3 is 0 Å². The Morgan fingerprint density at radius 1 is 0.656 bits per heavy atom. The fraction of sp³-hybridized carbons (Fsp3) is 0.217. The molecule has 0 bridgehead atoms. The van der Waals surface area contributed by atoms with Crippen LogP contribution in [0.25, 0.3) is 0 Å². The van der Waals surface area contributed by atoms with Crippen molar-refractivity contribution in [3.63, 3.8) is 0 Å². The minimum atomic E-state index is -4.13. The molecule has 168 valence electrons. The Labute approximate surface area is 183 Å². The summed E-state index contributed by atoms with van der Waals surface area (Å²) in [6, 6.07) is 13.9. The first-order valence-electron chi connectivity index (χ1n) is 9.96. The second-order valence-electron chi connectivity index (χ2n) is 7.52. The standard InChI is InChI=1S/C23H20F4N2O2S/c24-18-5-1-16(2-6-18)23(17-3-7-19(25)8-4-17)28-11-13-29(14-12-28)32(30,31)22-10-9-20(26)15-21(22)27/h1-10,15,23H,11-14H2. The molecule has 1 aliphatic heterocycles. The Hall–Kier alpha value is -2.75. The van der Waals surface area contributed by atoms with Gasteiger partial charge in [0.25, 0.3) is 0 Å². The molecule has 4 nitrogen and oxygen atoms in total. The van der Waals surface area contributed by atoms with E-state index in [2.05, 4.69) is 0 Å². The first-order valence-corrected chi connectivity index (χ1v) is 11.4. The van der Waals surface area contributed by atoms with Gasteiger partial charge < -0.3 is 0 Å². The van der Waals surface area contributed by atoms with E-state index in [1.54, 1.807) is 24.3 Å². The van der Waals surface area contributed by atoms with Crippen LogP contribution in [0.3, 0.4) is 0 Å². The Morgan fingerprint density at radius 2 is 1.12 bits per heavy atom. The van der Waals surface area contributed by atoms with Gasteiger partial charge in [-0.3, -0.25) is 4.90 Å². The lowest BCUT2D eigenvalue weighted by Gasteiger charge is -2.39. The van der Waals surface area contributed by atoms with Crippen LogP contribution in [0.2, 0.25) is 0 Å². The van der Waals surface area contributed by atoms with E-state index in [1.807, 2.05) is 4.90 Å². The van der Waals surface area contributed by atoms with Crippen molar-refractivity contribution in [1.82, 2.24) is 9.21 Å². The van der Waals surface area contributed by atoms with Crippen LogP contribution < -0.4 is 0 Å². The largest absolute Gasteiger partial charge is 0.290 e. The van der Waals surface area contributed by atoms with Gasteiger partial charge in [-0.25, -0.2) is 26.0 Å². The number of piperazine rings is 1. The molecular weight excluding hydrogens is 444 g/mol. The highest BCUT2D eigenvalue weighted by Gasteiger charge is 2.33. The highest BCUT2D eigenvalue weighted by atomic mass is 32.2. The SMILES string of the molecule is O=S(=O)(c1ccc(F)cc1F)N1CCN(C(c2ccc(F)cc2)c2ccc(F)cc2)CC1. The molecule has 4 rings (SSSR count). The Kier molecular flexibility index (Phi) is 6.32. The molecule has 3 aromatic carbocycles. The summed E-state index contributed by atoms with van der Waals surface area (Å²) in [5.74, 6) is -2.76. The molecule has 0 aliphatic carbocycles. The zero-order chi connectivity index (χ0) is 22.9. The highest BCUT2D eigenvalue weighted by molar-refractivity contribution is 7.89. The van der Waals surface area contributed by atoms with E-state index >= 15 is 0 Å². The Bertz CT molecular complexity index is 1150. The number of rotatable bonds is 5. The summed E-state index contributed by atoms with van der Waals surface area (Å²) in [6.07, 6.45) is 0. The number of nitrogens with zero attached hydrogens (tertiary/aromatic N) is 2. The van der Waals surface area contributed by atoms with Crippen molar-refractivity contribution in [2.45, 2.75) is 10.9 Å². The van der Waals surface area contributed by atoms with Gasteiger partial charge in [0.05, 0.1) is 6.04 Å². The first kappa shape index (κ1) is 22.4. The number of hydrogen-bond donors (Lipinski definition) is 0. The van der Waals surface area contributed by atoms with E-state index in [0.29, 0.717) is 19.2 Å². The normalized spacial score (nSPS) is 15.9. The Balaban J connectivity index is 1.58. The molecule has 0 atom stereocenters. The van der Waals surface area contributed by atoms with Gasteiger partial charge in [-0.2, -0.15) is 4.31 Å². The van der Waals surface area contributed by atoms with Gasteiger partial charge in [0.2, 0.25) is 10.0 Å². The van der Waals surface area contributed by atoms with Gasteiger partial charge in [-0.05, 0) is 47.5 Å². The van der Waals surface area contributed by atoms with Crippen LogP contribution in [0, 0.1) is 23.3 Å². The van der Waals surface area contributed by atoms with Crippen LogP contribution in [-0.2, 0) is 10.0 Å². The van der Waals surface area contributed by atoms with Crippen LogP contribution in [0.4, 0.5) is 17.6 Å². The smallest absolute Gasteiger partial charge is 0.246 e. The molecule has 0 radical (unpaired) electrons. The molecule has 9 heteroatoms. The lowest BCUT2D eigenvalue weighted by Crippen LogP contribution is -2.49.